The molecule has 98 valence electrons. The summed E-state index contributed by atoms with van der Waals surface area (Å²) < 4.78 is 23.4. The molecule has 18 heavy (non-hydrogen) atoms. The SMILES string of the molecule is COc1ccc(CC(=O)C2COCC2N)cc1F. The first-order valence-electron chi connectivity index (χ1n) is 5.80. The molecule has 1 aromatic carbocycles. The molecule has 1 aromatic rings. The number of carbonyl (C=O) groups excluding carboxylic acids is 1. The highest BCUT2D eigenvalue weighted by Crippen LogP contribution is 2.20. The molecule has 1 fully saturated rings. The van der Waals surface area contributed by atoms with E-state index in [0.29, 0.717) is 18.8 Å². The number of ketones is 1. The van der Waals surface area contributed by atoms with Gasteiger partial charge in [-0.25, -0.2) is 4.39 Å². The van der Waals surface area contributed by atoms with Crippen molar-refractivity contribution in [1.29, 1.82) is 0 Å². The van der Waals surface area contributed by atoms with E-state index in [9.17, 15) is 9.18 Å². The van der Waals surface area contributed by atoms with Crippen LogP contribution in [0.3, 0.4) is 0 Å². The molecule has 0 bridgehead atoms. The van der Waals surface area contributed by atoms with Crippen molar-refractivity contribution in [3.05, 3.63) is 29.6 Å². The van der Waals surface area contributed by atoms with Crippen LogP contribution in [0.1, 0.15) is 5.56 Å². The summed E-state index contributed by atoms with van der Waals surface area (Å²) in [6, 6.07) is 4.27. The quantitative estimate of drug-likeness (QED) is 0.866. The maximum absolute atomic E-state index is 13.5. The van der Waals surface area contributed by atoms with Gasteiger partial charge in [0, 0.05) is 12.5 Å². The van der Waals surface area contributed by atoms with Crippen molar-refractivity contribution >= 4 is 5.78 Å². The van der Waals surface area contributed by atoms with Crippen molar-refractivity contribution < 1.29 is 18.7 Å². The van der Waals surface area contributed by atoms with E-state index in [1.807, 2.05) is 0 Å². The van der Waals surface area contributed by atoms with Crippen molar-refractivity contribution in [2.24, 2.45) is 11.7 Å². The highest BCUT2D eigenvalue weighted by molar-refractivity contribution is 5.84. The van der Waals surface area contributed by atoms with Gasteiger partial charge in [-0.15, -0.1) is 0 Å². The Bertz CT molecular complexity index is 450. The Labute approximate surface area is 105 Å². The maximum Gasteiger partial charge on any atom is 0.165 e. The highest BCUT2D eigenvalue weighted by Gasteiger charge is 2.30. The maximum atomic E-state index is 13.5. The van der Waals surface area contributed by atoms with Gasteiger partial charge in [0.2, 0.25) is 0 Å². The summed E-state index contributed by atoms with van der Waals surface area (Å²) in [6.45, 7) is 0.770. The molecule has 1 saturated heterocycles. The number of nitrogens with two attached hydrogens (primary N) is 1. The molecular weight excluding hydrogens is 237 g/mol. The standard InChI is InChI=1S/C13H16FNO3/c1-17-13-3-2-8(4-10(13)14)5-12(16)9-6-18-7-11(9)15/h2-4,9,11H,5-7,15H2,1H3. The number of rotatable bonds is 4. The molecular formula is C13H16FNO3. The Morgan fingerprint density at radius 2 is 2.33 bits per heavy atom. The van der Waals surface area contributed by atoms with Crippen LogP contribution in [-0.4, -0.2) is 32.1 Å². The summed E-state index contributed by atoms with van der Waals surface area (Å²) in [5, 5.41) is 0. The van der Waals surface area contributed by atoms with Crippen LogP contribution in [0.25, 0.3) is 0 Å². The normalized spacial score (nSPS) is 23.1. The van der Waals surface area contributed by atoms with Crippen LogP contribution in [0.5, 0.6) is 5.75 Å². The first-order chi connectivity index (χ1) is 8.61. The van der Waals surface area contributed by atoms with Crippen molar-refractivity contribution in [3.8, 4) is 5.75 Å². The number of halogens is 1. The van der Waals surface area contributed by atoms with Gasteiger partial charge in [-0.1, -0.05) is 6.07 Å². The molecule has 0 radical (unpaired) electrons. The predicted molar refractivity (Wildman–Crippen MR) is 63.9 cm³/mol. The Hall–Kier alpha value is -1.46. The molecule has 5 heteroatoms. The van der Waals surface area contributed by atoms with Crippen LogP contribution in [0, 0.1) is 11.7 Å². The number of methoxy groups -OCH3 is 1. The fourth-order valence-corrected chi connectivity index (χ4v) is 2.05. The zero-order chi connectivity index (χ0) is 13.1. The van der Waals surface area contributed by atoms with E-state index in [4.69, 9.17) is 15.2 Å². The van der Waals surface area contributed by atoms with Gasteiger partial charge in [-0.05, 0) is 17.7 Å². The van der Waals surface area contributed by atoms with E-state index in [1.165, 1.54) is 19.2 Å². The number of Topliss-reactive ketones (excluding diaryl/α,β-unsaturated/α-hetero) is 1. The van der Waals surface area contributed by atoms with E-state index >= 15 is 0 Å². The van der Waals surface area contributed by atoms with Gasteiger partial charge < -0.3 is 15.2 Å². The van der Waals surface area contributed by atoms with E-state index in [0.717, 1.165) is 0 Å². The third-order valence-corrected chi connectivity index (χ3v) is 3.13. The lowest BCUT2D eigenvalue weighted by atomic mass is 9.94. The zero-order valence-corrected chi connectivity index (χ0v) is 10.2. The van der Waals surface area contributed by atoms with Crippen molar-refractivity contribution in [2.75, 3.05) is 20.3 Å². The number of hydrogen-bond donors (Lipinski definition) is 1. The molecule has 1 aliphatic rings. The fraction of sp³-hybridized carbons (Fsp3) is 0.462. The fourth-order valence-electron chi connectivity index (χ4n) is 2.05. The minimum atomic E-state index is -0.463. The first-order valence-corrected chi connectivity index (χ1v) is 5.80. The van der Waals surface area contributed by atoms with E-state index in [1.54, 1.807) is 6.07 Å². The molecule has 0 saturated carbocycles. The Kier molecular flexibility index (Phi) is 3.93. The molecule has 2 rings (SSSR count). The lowest BCUT2D eigenvalue weighted by Gasteiger charge is -2.12. The second kappa shape index (κ2) is 5.46. The monoisotopic (exact) mass is 253 g/mol. The Balaban J connectivity index is 2.05. The Morgan fingerprint density at radius 1 is 1.56 bits per heavy atom. The molecule has 0 amide bonds. The summed E-state index contributed by atoms with van der Waals surface area (Å²) in [6.07, 6.45) is 0.169. The van der Waals surface area contributed by atoms with Gasteiger partial charge in [0.25, 0.3) is 0 Å². The van der Waals surface area contributed by atoms with Gasteiger partial charge in [0.05, 0.1) is 26.2 Å². The summed E-state index contributed by atoms with van der Waals surface area (Å²) in [7, 11) is 1.40. The molecule has 0 spiro atoms. The van der Waals surface area contributed by atoms with Crippen molar-refractivity contribution in [2.45, 2.75) is 12.5 Å². The second-order valence-corrected chi connectivity index (χ2v) is 4.42. The smallest absolute Gasteiger partial charge is 0.165 e. The third-order valence-electron chi connectivity index (χ3n) is 3.13. The molecule has 1 heterocycles. The third kappa shape index (κ3) is 2.68. The first kappa shape index (κ1) is 13.0. The molecule has 4 nitrogen and oxygen atoms in total. The number of benzene rings is 1. The average molecular weight is 253 g/mol. The molecule has 2 unspecified atom stereocenters. The Morgan fingerprint density at radius 3 is 2.89 bits per heavy atom. The zero-order valence-electron chi connectivity index (χ0n) is 10.2. The van der Waals surface area contributed by atoms with Crippen LogP contribution >= 0.6 is 0 Å². The minimum Gasteiger partial charge on any atom is -0.494 e. The van der Waals surface area contributed by atoms with Crippen LogP contribution < -0.4 is 10.5 Å². The van der Waals surface area contributed by atoms with Gasteiger partial charge in [0.1, 0.15) is 5.78 Å². The van der Waals surface area contributed by atoms with Crippen LogP contribution in [-0.2, 0) is 16.0 Å². The van der Waals surface area contributed by atoms with Crippen LogP contribution in [0.2, 0.25) is 0 Å². The average Bonchev–Trinajstić information content (AvgIpc) is 2.76. The van der Waals surface area contributed by atoms with Crippen LogP contribution in [0.15, 0.2) is 18.2 Å². The number of ether oxygens (including phenoxy) is 2. The van der Waals surface area contributed by atoms with Gasteiger partial charge in [0.15, 0.2) is 11.6 Å². The number of carbonyl (C=O) groups is 1. The van der Waals surface area contributed by atoms with Crippen molar-refractivity contribution in [1.82, 2.24) is 0 Å². The summed E-state index contributed by atoms with van der Waals surface area (Å²) in [5.41, 5.74) is 6.39. The van der Waals surface area contributed by atoms with Crippen LogP contribution in [0.4, 0.5) is 4.39 Å². The lowest BCUT2D eigenvalue weighted by Crippen LogP contribution is -2.34. The van der Waals surface area contributed by atoms with E-state index in [2.05, 4.69) is 0 Å². The minimum absolute atomic E-state index is 0.00966. The largest absolute Gasteiger partial charge is 0.494 e. The van der Waals surface area contributed by atoms with Crippen molar-refractivity contribution in [3.63, 3.8) is 0 Å². The lowest BCUT2D eigenvalue weighted by molar-refractivity contribution is -0.122. The van der Waals surface area contributed by atoms with Gasteiger partial charge in [-0.3, -0.25) is 4.79 Å². The van der Waals surface area contributed by atoms with E-state index in [-0.39, 0.29) is 29.9 Å². The molecule has 0 aromatic heterocycles. The van der Waals surface area contributed by atoms with Gasteiger partial charge in [-0.2, -0.15) is 0 Å². The molecule has 2 N–H and O–H groups in total. The second-order valence-electron chi connectivity index (χ2n) is 4.42. The molecule has 2 atom stereocenters. The number of hydrogen-bond acceptors (Lipinski definition) is 4. The molecule has 1 aliphatic heterocycles. The topological polar surface area (TPSA) is 61.5 Å². The van der Waals surface area contributed by atoms with E-state index < -0.39 is 5.82 Å². The predicted octanol–water partition coefficient (Wildman–Crippen LogP) is 0.920. The summed E-state index contributed by atoms with van der Waals surface area (Å²) in [4.78, 5) is 12.0. The highest BCUT2D eigenvalue weighted by atomic mass is 19.1. The van der Waals surface area contributed by atoms with Gasteiger partial charge >= 0.3 is 0 Å². The summed E-state index contributed by atoms with van der Waals surface area (Å²) in [5.74, 6) is -0.582. The molecule has 0 aliphatic carbocycles. The summed E-state index contributed by atoms with van der Waals surface area (Å²) >= 11 is 0.